The van der Waals surface area contributed by atoms with E-state index in [1.807, 2.05) is 66.7 Å². The van der Waals surface area contributed by atoms with Crippen molar-refractivity contribution < 1.29 is 19.4 Å². The number of ether oxygens (including phenoxy) is 2. The monoisotopic (exact) mass is 364 g/mol. The van der Waals surface area contributed by atoms with Gasteiger partial charge in [-0.05, 0) is 30.0 Å². The van der Waals surface area contributed by atoms with Gasteiger partial charge in [0, 0.05) is 7.11 Å². The summed E-state index contributed by atoms with van der Waals surface area (Å²) in [7, 11) is 1.57. The highest BCUT2D eigenvalue weighted by Gasteiger charge is 2.40. The quantitative estimate of drug-likeness (QED) is 0.754. The molecule has 0 saturated heterocycles. The van der Waals surface area contributed by atoms with Gasteiger partial charge in [0.1, 0.15) is 23.9 Å². The first-order valence-electron chi connectivity index (χ1n) is 9.03. The van der Waals surface area contributed by atoms with Crippen LogP contribution in [0.4, 0.5) is 0 Å². The van der Waals surface area contributed by atoms with Gasteiger partial charge in [-0.15, -0.1) is 0 Å². The van der Waals surface area contributed by atoms with Crippen molar-refractivity contribution in [3.05, 3.63) is 90.0 Å². The summed E-state index contributed by atoms with van der Waals surface area (Å²) in [4.78, 5) is 11.7. The van der Waals surface area contributed by atoms with E-state index in [4.69, 9.17) is 9.47 Å². The highest BCUT2D eigenvalue weighted by Crippen LogP contribution is 2.34. The molecule has 0 radical (unpaired) electrons. The van der Waals surface area contributed by atoms with E-state index in [-0.39, 0.29) is 0 Å². The molecule has 0 spiro atoms. The number of aryl methyl sites for hydroxylation is 1. The van der Waals surface area contributed by atoms with Crippen molar-refractivity contribution >= 4 is 5.97 Å². The molecule has 0 amide bonds. The Hall–Kier alpha value is -2.85. The van der Waals surface area contributed by atoms with E-state index in [0.717, 1.165) is 16.9 Å². The van der Waals surface area contributed by atoms with Crippen molar-refractivity contribution in [3.8, 4) is 5.75 Å². The molecule has 4 heteroatoms. The maximum atomic E-state index is 11.7. The molecule has 1 aliphatic rings. The molecule has 0 aliphatic heterocycles. The molecular formula is C23H24O4. The number of rotatable bonds is 8. The molecule has 2 atom stereocenters. The first-order chi connectivity index (χ1) is 13.1. The Balaban J connectivity index is 1.73. The largest absolute Gasteiger partial charge is 0.489 e. The molecule has 1 N–H and O–H groups in total. The number of hydrogen-bond donors (Lipinski definition) is 1. The fraction of sp³-hybridized carbons (Fsp3) is 0.261. The Morgan fingerprint density at radius 3 is 2.56 bits per heavy atom. The Morgan fingerprint density at radius 2 is 1.81 bits per heavy atom. The van der Waals surface area contributed by atoms with E-state index in [1.54, 1.807) is 19.3 Å². The number of carbonyl (C=O) groups is 1. The SMILES string of the molecule is COC1(CCc2ccccc2OCc2ccccc2)C=CC=CC1C(=O)O. The minimum Gasteiger partial charge on any atom is -0.489 e. The lowest BCUT2D eigenvalue weighted by molar-refractivity contribution is -0.148. The Labute approximate surface area is 159 Å². The van der Waals surface area contributed by atoms with E-state index in [1.165, 1.54) is 0 Å². The lowest BCUT2D eigenvalue weighted by atomic mass is 9.79. The Morgan fingerprint density at radius 1 is 1.07 bits per heavy atom. The van der Waals surface area contributed by atoms with Gasteiger partial charge in [0.25, 0.3) is 0 Å². The molecule has 2 unspecified atom stereocenters. The van der Waals surface area contributed by atoms with Crippen LogP contribution < -0.4 is 4.74 Å². The molecular weight excluding hydrogens is 340 g/mol. The van der Waals surface area contributed by atoms with Gasteiger partial charge in [-0.3, -0.25) is 4.79 Å². The predicted molar refractivity (Wildman–Crippen MR) is 105 cm³/mol. The molecule has 0 fully saturated rings. The number of carboxylic acid groups (broad SMARTS) is 1. The Kier molecular flexibility index (Phi) is 6.09. The summed E-state index contributed by atoms with van der Waals surface area (Å²) in [6, 6.07) is 17.9. The van der Waals surface area contributed by atoms with Crippen LogP contribution in [0.15, 0.2) is 78.9 Å². The van der Waals surface area contributed by atoms with Crippen LogP contribution in [0.25, 0.3) is 0 Å². The molecule has 140 valence electrons. The van der Waals surface area contributed by atoms with Gasteiger partial charge in [-0.1, -0.05) is 72.8 Å². The van der Waals surface area contributed by atoms with Crippen LogP contribution in [0, 0.1) is 5.92 Å². The number of hydrogen-bond acceptors (Lipinski definition) is 3. The molecule has 2 aromatic rings. The van der Waals surface area contributed by atoms with Crippen LogP contribution >= 0.6 is 0 Å². The smallest absolute Gasteiger partial charge is 0.313 e. The maximum absolute atomic E-state index is 11.7. The zero-order valence-corrected chi connectivity index (χ0v) is 15.4. The van der Waals surface area contributed by atoms with Crippen molar-refractivity contribution in [2.75, 3.05) is 7.11 Å². The van der Waals surface area contributed by atoms with Gasteiger partial charge in [-0.2, -0.15) is 0 Å². The number of allylic oxidation sites excluding steroid dienone is 2. The third kappa shape index (κ3) is 4.47. The average molecular weight is 364 g/mol. The number of methoxy groups -OCH3 is 1. The summed E-state index contributed by atoms with van der Waals surface area (Å²) in [5.41, 5.74) is 1.29. The third-order valence-electron chi connectivity index (χ3n) is 4.96. The number of aliphatic carboxylic acids is 1. The van der Waals surface area contributed by atoms with E-state index >= 15 is 0 Å². The first-order valence-corrected chi connectivity index (χ1v) is 9.03. The van der Waals surface area contributed by atoms with Crippen LogP contribution in [0.2, 0.25) is 0 Å². The second kappa shape index (κ2) is 8.69. The average Bonchev–Trinajstić information content (AvgIpc) is 2.72. The molecule has 0 heterocycles. The zero-order valence-electron chi connectivity index (χ0n) is 15.4. The highest BCUT2D eigenvalue weighted by atomic mass is 16.5. The first kappa shape index (κ1) is 18.9. The molecule has 0 aromatic heterocycles. The van der Waals surface area contributed by atoms with Gasteiger partial charge >= 0.3 is 5.97 Å². The van der Waals surface area contributed by atoms with Gasteiger partial charge in [0.05, 0.1) is 0 Å². The topological polar surface area (TPSA) is 55.8 Å². The van der Waals surface area contributed by atoms with Crippen molar-refractivity contribution in [3.63, 3.8) is 0 Å². The van der Waals surface area contributed by atoms with Crippen LogP contribution in [0.1, 0.15) is 17.5 Å². The van der Waals surface area contributed by atoms with Crippen LogP contribution in [-0.4, -0.2) is 23.8 Å². The molecule has 2 aromatic carbocycles. The van der Waals surface area contributed by atoms with Gasteiger partial charge < -0.3 is 14.6 Å². The third-order valence-corrected chi connectivity index (χ3v) is 4.96. The maximum Gasteiger partial charge on any atom is 0.313 e. The van der Waals surface area contributed by atoms with Crippen molar-refractivity contribution in [2.45, 2.75) is 25.0 Å². The second-order valence-corrected chi connectivity index (χ2v) is 6.60. The molecule has 4 nitrogen and oxygen atoms in total. The summed E-state index contributed by atoms with van der Waals surface area (Å²) in [6.45, 7) is 0.494. The van der Waals surface area contributed by atoms with Gasteiger partial charge in [-0.25, -0.2) is 0 Å². The van der Waals surface area contributed by atoms with Crippen molar-refractivity contribution in [1.29, 1.82) is 0 Å². The molecule has 3 rings (SSSR count). The van der Waals surface area contributed by atoms with Crippen LogP contribution in [0.3, 0.4) is 0 Å². The number of para-hydroxylation sites is 1. The normalized spacial score (nSPS) is 21.1. The van der Waals surface area contributed by atoms with Crippen LogP contribution in [0.5, 0.6) is 5.75 Å². The zero-order chi connectivity index (χ0) is 19.1. The summed E-state index contributed by atoms with van der Waals surface area (Å²) < 4.78 is 11.7. The standard InChI is InChI=1S/C23H24O4/c1-26-23(15-8-7-12-20(23)22(24)25)16-14-19-11-5-6-13-21(19)27-17-18-9-3-2-4-10-18/h2-13,15,20H,14,16-17H2,1H3,(H,24,25). The molecule has 1 aliphatic carbocycles. The predicted octanol–water partition coefficient (Wildman–Crippen LogP) is 4.41. The van der Waals surface area contributed by atoms with Crippen LogP contribution in [-0.2, 0) is 22.6 Å². The minimum atomic E-state index is -0.883. The second-order valence-electron chi connectivity index (χ2n) is 6.60. The highest BCUT2D eigenvalue weighted by molar-refractivity contribution is 5.75. The summed E-state index contributed by atoms with van der Waals surface area (Å²) in [5.74, 6) is -0.772. The van der Waals surface area contributed by atoms with Gasteiger partial charge in [0.15, 0.2) is 0 Å². The van der Waals surface area contributed by atoms with E-state index in [2.05, 4.69) is 0 Å². The lowest BCUT2D eigenvalue weighted by Crippen LogP contribution is -2.43. The molecule has 0 saturated carbocycles. The summed E-state index contributed by atoms with van der Waals surface area (Å²) in [6.07, 6.45) is 8.34. The van der Waals surface area contributed by atoms with Crippen molar-refractivity contribution in [2.24, 2.45) is 5.92 Å². The Bertz CT molecular complexity index is 825. The minimum absolute atomic E-state index is 0.494. The van der Waals surface area contributed by atoms with E-state index in [9.17, 15) is 9.90 Å². The summed E-state index contributed by atoms with van der Waals surface area (Å²) in [5, 5.41) is 9.58. The number of carboxylic acids is 1. The van der Waals surface area contributed by atoms with Gasteiger partial charge in [0.2, 0.25) is 0 Å². The fourth-order valence-electron chi connectivity index (χ4n) is 3.40. The molecule has 27 heavy (non-hydrogen) atoms. The fourth-order valence-corrected chi connectivity index (χ4v) is 3.40. The molecule has 0 bridgehead atoms. The van der Waals surface area contributed by atoms with Crippen molar-refractivity contribution in [1.82, 2.24) is 0 Å². The summed E-state index contributed by atoms with van der Waals surface area (Å²) >= 11 is 0. The number of benzene rings is 2. The lowest BCUT2D eigenvalue weighted by Gasteiger charge is -2.35. The van der Waals surface area contributed by atoms with E-state index in [0.29, 0.717) is 19.4 Å². The van der Waals surface area contributed by atoms with E-state index < -0.39 is 17.5 Å².